The van der Waals surface area contributed by atoms with Gasteiger partial charge in [0.25, 0.3) is 5.91 Å². The van der Waals surface area contributed by atoms with Crippen molar-refractivity contribution in [3.8, 4) is 0 Å². The fourth-order valence-electron chi connectivity index (χ4n) is 3.79. The number of likely N-dealkylation sites (tertiary alicyclic amines) is 1. The van der Waals surface area contributed by atoms with Gasteiger partial charge in [0.2, 0.25) is 5.91 Å². The third kappa shape index (κ3) is 3.56. The van der Waals surface area contributed by atoms with E-state index in [9.17, 15) is 9.59 Å². The molecule has 0 unspecified atom stereocenters. The Bertz CT molecular complexity index is 644. The molecule has 1 N–H and O–H groups in total. The Kier molecular flexibility index (Phi) is 5.13. The second-order valence-corrected chi connectivity index (χ2v) is 7.64. The van der Waals surface area contributed by atoms with Crippen molar-refractivity contribution in [2.45, 2.75) is 45.7 Å². The van der Waals surface area contributed by atoms with E-state index in [2.05, 4.69) is 28.9 Å². The number of amides is 2. The van der Waals surface area contributed by atoms with Crippen LogP contribution in [0.2, 0.25) is 0 Å². The first-order chi connectivity index (χ1) is 11.9. The number of hydrogen-bond acceptors (Lipinski definition) is 4. The molecule has 0 radical (unpaired) electrons. The van der Waals surface area contributed by atoms with Crippen LogP contribution in [0.25, 0.3) is 0 Å². The molecule has 0 spiro atoms. The lowest BCUT2D eigenvalue weighted by Gasteiger charge is -2.37. The van der Waals surface area contributed by atoms with Gasteiger partial charge in [-0.25, -0.2) is 0 Å². The summed E-state index contributed by atoms with van der Waals surface area (Å²) in [6.07, 6.45) is 2.59. The summed E-state index contributed by atoms with van der Waals surface area (Å²) in [6.45, 7) is 7.58. The van der Waals surface area contributed by atoms with Crippen molar-refractivity contribution in [1.29, 1.82) is 0 Å². The van der Waals surface area contributed by atoms with Gasteiger partial charge in [-0.1, -0.05) is 0 Å². The molecule has 1 saturated heterocycles. The Labute approximate surface area is 149 Å². The second kappa shape index (κ2) is 7.15. The highest BCUT2D eigenvalue weighted by Gasteiger charge is 2.33. The molecule has 2 amide bonds. The molecular formula is C18H29N5O2. The monoisotopic (exact) mass is 347 g/mol. The smallest absolute Gasteiger partial charge is 0.274 e. The van der Waals surface area contributed by atoms with Gasteiger partial charge in [0.1, 0.15) is 0 Å². The predicted octanol–water partition coefficient (Wildman–Crippen LogP) is 1.12. The van der Waals surface area contributed by atoms with Gasteiger partial charge in [0.05, 0.1) is 0 Å². The first-order valence-electron chi connectivity index (χ1n) is 9.19. The van der Waals surface area contributed by atoms with Crippen LogP contribution >= 0.6 is 0 Å². The van der Waals surface area contributed by atoms with Crippen LogP contribution in [-0.4, -0.2) is 76.5 Å². The van der Waals surface area contributed by atoms with E-state index in [1.807, 2.05) is 4.90 Å². The highest BCUT2D eigenvalue weighted by molar-refractivity contribution is 5.94. The molecule has 0 bridgehead atoms. The average molecular weight is 347 g/mol. The zero-order valence-corrected chi connectivity index (χ0v) is 15.7. The first-order valence-corrected chi connectivity index (χ1v) is 9.19. The van der Waals surface area contributed by atoms with Gasteiger partial charge in [-0.3, -0.25) is 14.7 Å². The number of nitrogens with one attached hydrogen (secondary N) is 1. The number of aromatic amines is 1. The normalized spacial score (nSPS) is 19.2. The number of fused-ring (bicyclic) bond motifs is 1. The maximum Gasteiger partial charge on any atom is 0.274 e. The van der Waals surface area contributed by atoms with E-state index in [-0.39, 0.29) is 17.7 Å². The number of piperidine rings is 1. The van der Waals surface area contributed by atoms with Gasteiger partial charge in [0.15, 0.2) is 5.69 Å². The summed E-state index contributed by atoms with van der Waals surface area (Å²) in [5.41, 5.74) is 2.33. The van der Waals surface area contributed by atoms with E-state index < -0.39 is 0 Å². The van der Waals surface area contributed by atoms with Crippen LogP contribution in [0.1, 0.15) is 48.4 Å². The summed E-state index contributed by atoms with van der Waals surface area (Å²) in [5, 5.41) is 7.17. The Balaban J connectivity index is 1.67. The molecule has 1 aromatic heterocycles. The quantitative estimate of drug-likeness (QED) is 0.889. The van der Waals surface area contributed by atoms with Crippen LogP contribution in [-0.2, 0) is 17.8 Å². The first kappa shape index (κ1) is 17.9. The van der Waals surface area contributed by atoms with Crippen molar-refractivity contribution in [2.24, 2.45) is 5.92 Å². The van der Waals surface area contributed by atoms with Gasteiger partial charge < -0.3 is 14.7 Å². The number of carbonyl (C=O) groups excluding carboxylic acids is 2. The van der Waals surface area contributed by atoms with Crippen molar-refractivity contribution >= 4 is 11.8 Å². The molecule has 1 aromatic rings. The molecule has 0 saturated carbocycles. The summed E-state index contributed by atoms with van der Waals surface area (Å²) >= 11 is 0. The van der Waals surface area contributed by atoms with Crippen molar-refractivity contribution in [1.82, 2.24) is 24.9 Å². The van der Waals surface area contributed by atoms with Gasteiger partial charge in [-0.2, -0.15) is 5.10 Å². The van der Waals surface area contributed by atoms with E-state index in [0.717, 1.165) is 43.6 Å². The van der Waals surface area contributed by atoms with E-state index in [1.165, 1.54) is 4.90 Å². The summed E-state index contributed by atoms with van der Waals surface area (Å²) in [4.78, 5) is 31.1. The Morgan fingerprint density at radius 1 is 1.20 bits per heavy atom. The fraction of sp³-hybridized carbons (Fsp3) is 0.722. The molecule has 2 aliphatic heterocycles. The molecule has 2 aliphatic rings. The van der Waals surface area contributed by atoms with Gasteiger partial charge >= 0.3 is 0 Å². The molecule has 3 rings (SSSR count). The van der Waals surface area contributed by atoms with Crippen LogP contribution < -0.4 is 0 Å². The highest BCUT2D eigenvalue weighted by Crippen LogP contribution is 2.26. The molecule has 1 fully saturated rings. The highest BCUT2D eigenvalue weighted by atomic mass is 16.2. The SMILES string of the molecule is CC(C)N1CCC(C(=O)N2CCc3[nH]nc(C(=O)N(C)C)c3C2)CC1. The summed E-state index contributed by atoms with van der Waals surface area (Å²) in [6, 6.07) is 0.541. The van der Waals surface area contributed by atoms with Crippen LogP contribution in [0, 0.1) is 5.92 Å². The second-order valence-electron chi connectivity index (χ2n) is 7.64. The maximum atomic E-state index is 13.0. The number of nitrogens with zero attached hydrogens (tertiary/aromatic N) is 4. The standard InChI is InChI=1S/C18H29N5O2/c1-12(2)22-8-5-13(6-9-22)17(24)23-10-7-15-14(11-23)16(20-19-15)18(25)21(3)4/h12-13H,5-11H2,1-4H3,(H,19,20). The predicted molar refractivity (Wildman–Crippen MR) is 95.2 cm³/mol. The molecule has 0 aliphatic carbocycles. The Hall–Kier alpha value is -1.89. The molecule has 0 atom stereocenters. The number of hydrogen-bond donors (Lipinski definition) is 1. The number of H-pyrrole nitrogens is 1. The van der Waals surface area contributed by atoms with E-state index in [0.29, 0.717) is 24.8 Å². The molecule has 0 aromatic carbocycles. The molecule has 7 nitrogen and oxygen atoms in total. The number of aromatic nitrogens is 2. The minimum Gasteiger partial charge on any atom is -0.343 e. The van der Waals surface area contributed by atoms with Crippen LogP contribution in [0.15, 0.2) is 0 Å². The van der Waals surface area contributed by atoms with E-state index in [4.69, 9.17) is 0 Å². The minimum atomic E-state index is -0.114. The lowest BCUT2D eigenvalue weighted by atomic mass is 9.93. The molecule has 7 heteroatoms. The van der Waals surface area contributed by atoms with Crippen LogP contribution in [0.4, 0.5) is 0 Å². The van der Waals surface area contributed by atoms with Gasteiger partial charge in [-0.15, -0.1) is 0 Å². The third-order valence-corrected chi connectivity index (χ3v) is 5.46. The van der Waals surface area contributed by atoms with E-state index >= 15 is 0 Å². The number of rotatable bonds is 3. The molecule has 25 heavy (non-hydrogen) atoms. The lowest BCUT2D eigenvalue weighted by molar-refractivity contribution is -0.138. The van der Waals surface area contributed by atoms with Gasteiger partial charge in [-0.05, 0) is 39.8 Å². The van der Waals surface area contributed by atoms with Gasteiger partial charge in [0, 0.05) is 56.8 Å². The summed E-state index contributed by atoms with van der Waals surface area (Å²) in [7, 11) is 3.44. The largest absolute Gasteiger partial charge is 0.343 e. The number of carbonyl (C=O) groups is 2. The fourth-order valence-corrected chi connectivity index (χ4v) is 3.79. The van der Waals surface area contributed by atoms with E-state index in [1.54, 1.807) is 14.1 Å². The van der Waals surface area contributed by atoms with Crippen molar-refractivity contribution in [3.05, 3.63) is 17.0 Å². The Morgan fingerprint density at radius 2 is 1.88 bits per heavy atom. The van der Waals surface area contributed by atoms with Crippen LogP contribution in [0.5, 0.6) is 0 Å². The van der Waals surface area contributed by atoms with Crippen molar-refractivity contribution in [3.63, 3.8) is 0 Å². The van der Waals surface area contributed by atoms with Crippen molar-refractivity contribution in [2.75, 3.05) is 33.7 Å². The molecule has 138 valence electrons. The van der Waals surface area contributed by atoms with Crippen molar-refractivity contribution < 1.29 is 9.59 Å². The zero-order chi connectivity index (χ0) is 18.1. The molecule has 3 heterocycles. The summed E-state index contributed by atoms with van der Waals surface area (Å²) < 4.78 is 0. The topological polar surface area (TPSA) is 72.5 Å². The lowest BCUT2D eigenvalue weighted by Crippen LogP contribution is -2.45. The Morgan fingerprint density at radius 3 is 2.48 bits per heavy atom. The van der Waals surface area contributed by atoms with Crippen LogP contribution in [0.3, 0.4) is 0 Å². The minimum absolute atomic E-state index is 0.108. The maximum absolute atomic E-state index is 13.0. The average Bonchev–Trinajstić information content (AvgIpc) is 3.03. The summed E-state index contributed by atoms with van der Waals surface area (Å²) in [5.74, 6) is 0.229. The third-order valence-electron chi connectivity index (χ3n) is 5.46. The zero-order valence-electron chi connectivity index (χ0n) is 15.7. The molecular weight excluding hydrogens is 318 g/mol.